The van der Waals surface area contributed by atoms with E-state index >= 15 is 0 Å². The molecule has 3 nitrogen and oxygen atoms in total. The molecule has 0 amide bonds. The molecule has 4 heteroatoms. The molecule has 1 aromatic carbocycles. The van der Waals surface area contributed by atoms with E-state index in [-0.39, 0.29) is 0 Å². The van der Waals surface area contributed by atoms with Gasteiger partial charge in [-0.3, -0.25) is 0 Å². The normalized spacial score (nSPS) is 11.3. The molecule has 0 spiro atoms. The SMILES string of the molecule is Cc1cc(C)n(-c2ccc(CNCC(C)C)cc2Br)n1. The molecule has 1 N–H and O–H groups in total. The molecule has 20 heavy (non-hydrogen) atoms. The monoisotopic (exact) mass is 335 g/mol. The summed E-state index contributed by atoms with van der Waals surface area (Å²) in [6, 6.07) is 8.53. The Balaban J connectivity index is 2.16. The molecule has 0 radical (unpaired) electrons. The number of hydrogen-bond acceptors (Lipinski definition) is 2. The Bertz CT molecular complexity index is 587. The Morgan fingerprint density at radius 2 is 2.00 bits per heavy atom. The first kappa shape index (κ1) is 15.3. The summed E-state index contributed by atoms with van der Waals surface area (Å²) in [5.41, 5.74) is 4.55. The van der Waals surface area contributed by atoms with E-state index < -0.39 is 0 Å². The maximum absolute atomic E-state index is 4.53. The highest BCUT2D eigenvalue weighted by atomic mass is 79.9. The van der Waals surface area contributed by atoms with Crippen LogP contribution < -0.4 is 5.32 Å². The van der Waals surface area contributed by atoms with E-state index in [1.165, 1.54) is 5.56 Å². The Kier molecular flexibility index (Phi) is 5.00. The van der Waals surface area contributed by atoms with Gasteiger partial charge < -0.3 is 5.32 Å². The van der Waals surface area contributed by atoms with Gasteiger partial charge in [-0.25, -0.2) is 4.68 Å². The molecular weight excluding hydrogens is 314 g/mol. The standard InChI is InChI=1S/C16H22BrN3/c1-11(2)9-18-10-14-5-6-16(15(17)8-14)20-13(4)7-12(3)19-20/h5-8,11,18H,9-10H2,1-4H3. The largest absolute Gasteiger partial charge is 0.312 e. The Hall–Kier alpha value is -1.13. The molecule has 0 bridgehead atoms. The molecule has 0 saturated carbocycles. The molecule has 0 fully saturated rings. The topological polar surface area (TPSA) is 29.9 Å². The summed E-state index contributed by atoms with van der Waals surface area (Å²) in [7, 11) is 0. The molecule has 0 atom stereocenters. The van der Waals surface area contributed by atoms with Crippen molar-refractivity contribution < 1.29 is 0 Å². The number of nitrogens with zero attached hydrogens (tertiary/aromatic N) is 2. The van der Waals surface area contributed by atoms with Crippen LogP contribution in [0.15, 0.2) is 28.7 Å². The van der Waals surface area contributed by atoms with Crippen LogP contribution in [0.5, 0.6) is 0 Å². The molecule has 0 unspecified atom stereocenters. The Labute approximate surface area is 129 Å². The number of halogens is 1. The third-order valence-electron chi connectivity index (χ3n) is 3.13. The van der Waals surface area contributed by atoms with Crippen LogP contribution in [-0.2, 0) is 6.54 Å². The third-order valence-corrected chi connectivity index (χ3v) is 3.77. The minimum atomic E-state index is 0.674. The predicted molar refractivity (Wildman–Crippen MR) is 87.3 cm³/mol. The second-order valence-corrected chi connectivity index (χ2v) is 6.50. The van der Waals surface area contributed by atoms with E-state index in [9.17, 15) is 0 Å². The summed E-state index contributed by atoms with van der Waals surface area (Å²) in [4.78, 5) is 0. The first-order valence-electron chi connectivity index (χ1n) is 7.00. The summed E-state index contributed by atoms with van der Waals surface area (Å²) in [5, 5.41) is 7.99. The predicted octanol–water partition coefficient (Wildman–Crippen LogP) is 4.00. The van der Waals surface area contributed by atoms with E-state index in [1.807, 2.05) is 11.6 Å². The highest BCUT2D eigenvalue weighted by molar-refractivity contribution is 9.10. The van der Waals surface area contributed by atoms with Crippen molar-refractivity contribution in [3.05, 3.63) is 45.7 Å². The highest BCUT2D eigenvalue weighted by Crippen LogP contribution is 2.23. The van der Waals surface area contributed by atoms with E-state index in [0.29, 0.717) is 5.92 Å². The van der Waals surface area contributed by atoms with E-state index in [2.05, 4.69) is 71.4 Å². The van der Waals surface area contributed by atoms with E-state index in [4.69, 9.17) is 0 Å². The second kappa shape index (κ2) is 6.55. The Morgan fingerprint density at radius 3 is 2.55 bits per heavy atom. The lowest BCUT2D eigenvalue weighted by Crippen LogP contribution is -2.19. The zero-order valence-corrected chi connectivity index (χ0v) is 14.2. The summed E-state index contributed by atoms with van der Waals surface area (Å²) in [5.74, 6) is 0.674. The number of aryl methyl sites for hydroxylation is 2. The van der Waals surface area contributed by atoms with Crippen molar-refractivity contribution in [2.45, 2.75) is 34.2 Å². The van der Waals surface area contributed by atoms with Crippen molar-refractivity contribution in [1.29, 1.82) is 0 Å². The summed E-state index contributed by atoms with van der Waals surface area (Å²) < 4.78 is 3.05. The fourth-order valence-electron chi connectivity index (χ4n) is 2.21. The quantitative estimate of drug-likeness (QED) is 0.894. The minimum Gasteiger partial charge on any atom is -0.312 e. The van der Waals surface area contributed by atoms with Gasteiger partial charge in [-0.15, -0.1) is 0 Å². The number of rotatable bonds is 5. The van der Waals surface area contributed by atoms with Crippen LogP contribution in [0.25, 0.3) is 5.69 Å². The zero-order valence-electron chi connectivity index (χ0n) is 12.6. The zero-order chi connectivity index (χ0) is 14.7. The maximum atomic E-state index is 4.53. The molecule has 0 aliphatic rings. The molecule has 1 heterocycles. The first-order chi connectivity index (χ1) is 9.47. The van der Waals surface area contributed by atoms with Crippen LogP contribution in [0.1, 0.15) is 30.8 Å². The summed E-state index contributed by atoms with van der Waals surface area (Å²) in [6.07, 6.45) is 0. The minimum absolute atomic E-state index is 0.674. The molecular formula is C16H22BrN3. The molecule has 2 aromatic rings. The van der Waals surface area contributed by atoms with Gasteiger partial charge in [0, 0.05) is 16.7 Å². The van der Waals surface area contributed by atoms with Gasteiger partial charge in [0.25, 0.3) is 0 Å². The van der Waals surface area contributed by atoms with Gasteiger partial charge in [-0.1, -0.05) is 19.9 Å². The second-order valence-electron chi connectivity index (χ2n) is 5.65. The van der Waals surface area contributed by atoms with Gasteiger partial charge in [0.05, 0.1) is 11.4 Å². The van der Waals surface area contributed by atoms with Crippen molar-refractivity contribution >= 4 is 15.9 Å². The van der Waals surface area contributed by atoms with Crippen molar-refractivity contribution in [3.8, 4) is 5.69 Å². The Morgan fingerprint density at radius 1 is 1.25 bits per heavy atom. The molecule has 108 valence electrons. The van der Waals surface area contributed by atoms with Crippen LogP contribution in [-0.4, -0.2) is 16.3 Å². The lowest BCUT2D eigenvalue weighted by Gasteiger charge is -2.11. The average molecular weight is 336 g/mol. The summed E-state index contributed by atoms with van der Waals surface area (Å²) in [6.45, 7) is 10.5. The van der Waals surface area contributed by atoms with Gasteiger partial charge in [-0.05, 0) is 66.0 Å². The number of aromatic nitrogens is 2. The van der Waals surface area contributed by atoms with Gasteiger partial charge in [0.15, 0.2) is 0 Å². The summed E-state index contributed by atoms with van der Waals surface area (Å²) >= 11 is 3.66. The highest BCUT2D eigenvalue weighted by Gasteiger charge is 2.08. The number of nitrogens with one attached hydrogen (secondary N) is 1. The van der Waals surface area contributed by atoms with Crippen molar-refractivity contribution in [1.82, 2.24) is 15.1 Å². The molecule has 1 aromatic heterocycles. The lowest BCUT2D eigenvalue weighted by atomic mass is 10.2. The average Bonchev–Trinajstić information content (AvgIpc) is 2.68. The fraction of sp³-hybridized carbons (Fsp3) is 0.438. The van der Waals surface area contributed by atoms with Gasteiger partial charge in [0.1, 0.15) is 0 Å². The smallest absolute Gasteiger partial charge is 0.0790 e. The maximum Gasteiger partial charge on any atom is 0.0790 e. The van der Waals surface area contributed by atoms with E-state index in [1.54, 1.807) is 0 Å². The van der Waals surface area contributed by atoms with Crippen molar-refractivity contribution in [2.75, 3.05) is 6.54 Å². The van der Waals surface area contributed by atoms with Crippen molar-refractivity contribution in [3.63, 3.8) is 0 Å². The molecule has 0 aliphatic carbocycles. The fourth-order valence-corrected chi connectivity index (χ4v) is 2.80. The number of benzene rings is 1. The van der Waals surface area contributed by atoms with Crippen LogP contribution in [0, 0.1) is 19.8 Å². The molecule has 0 aliphatic heterocycles. The first-order valence-corrected chi connectivity index (χ1v) is 7.79. The van der Waals surface area contributed by atoms with Crippen molar-refractivity contribution in [2.24, 2.45) is 5.92 Å². The van der Waals surface area contributed by atoms with Crippen LogP contribution >= 0.6 is 15.9 Å². The van der Waals surface area contributed by atoms with Gasteiger partial charge >= 0.3 is 0 Å². The van der Waals surface area contributed by atoms with E-state index in [0.717, 1.165) is 34.6 Å². The van der Waals surface area contributed by atoms with Crippen LogP contribution in [0.4, 0.5) is 0 Å². The molecule has 0 saturated heterocycles. The lowest BCUT2D eigenvalue weighted by molar-refractivity contribution is 0.552. The third kappa shape index (κ3) is 3.70. The molecule has 2 rings (SSSR count). The van der Waals surface area contributed by atoms with Crippen LogP contribution in [0.2, 0.25) is 0 Å². The number of hydrogen-bond donors (Lipinski definition) is 1. The van der Waals surface area contributed by atoms with Crippen LogP contribution in [0.3, 0.4) is 0 Å². The van der Waals surface area contributed by atoms with Gasteiger partial charge in [-0.2, -0.15) is 5.10 Å². The van der Waals surface area contributed by atoms with Gasteiger partial charge in [0.2, 0.25) is 0 Å².